The molecule has 1 aromatic carbocycles. The molecule has 1 aliphatic rings. The van der Waals surface area contributed by atoms with Gasteiger partial charge in [-0.1, -0.05) is 15.9 Å². The number of anilines is 1. The molecular formula is C15H21BrN2O3. The molecule has 1 amide bonds. The van der Waals surface area contributed by atoms with Crippen molar-refractivity contribution in [2.45, 2.75) is 25.4 Å². The van der Waals surface area contributed by atoms with Crippen LogP contribution < -0.4 is 5.73 Å². The van der Waals surface area contributed by atoms with Gasteiger partial charge in [0.15, 0.2) is 0 Å². The zero-order valence-electron chi connectivity index (χ0n) is 12.4. The number of aliphatic hydroxyl groups is 1. The van der Waals surface area contributed by atoms with E-state index >= 15 is 0 Å². The monoisotopic (exact) mass is 356 g/mol. The molecule has 0 spiro atoms. The van der Waals surface area contributed by atoms with Crippen molar-refractivity contribution in [2.24, 2.45) is 0 Å². The number of carbonyl (C=O) groups excluding carboxylic acids is 1. The third-order valence-electron chi connectivity index (χ3n) is 3.94. The standard InChI is InChI=1S/C15H21BrN2O3/c1-10-12(7-11(16)8-13(10)17)14(19)18(2)9-15(20)3-5-21-6-4-15/h7-8,20H,3-6,9,17H2,1-2H3. The van der Waals surface area contributed by atoms with Gasteiger partial charge >= 0.3 is 0 Å². The fourth-order valence-corrected chi connectivity index (χ4v) is 3.03. The minimum atomic E-state index is -0.867. The summed E-state index contributed by atoms with van der Waals surface area (Å²) in [5.74, 6) is -0.139. The second-order valence-corrected chi connectivity index (χ2v) is 6.58. The van der Waals surface area contributed by atoms with E-state index in [9.17, 15) is 9.90 Å². The first-order valence-electron chi connectivity index (χ1n) is 6.94. The van der Waals surface area contributed by atoms with Crippen molar-refractivity contribution >= 4 is 27.5 Å². The van der Waals surface area contributed by atoms with E-state index in [0.29, 0.717) is 43.9 Å². The number of hydrogen-bond donors (Lipinski definition) is 2. The van der Waals surface area contributed by atoms with Gasteiger partial charge in [-0.05, 0) is 24.6 Å². The summed E-state index contributed by atoms with van der Waals surface area (Å²) < 4.78 is 6.03. The first-order chi connectivity index (χ1) is 9.82. The van der Waals surface area contributed by atoms with Crippen LogP contribution in [0, 0.1) is 6.92 Å². The van der Waals surface area contributed by atoms with Crippen LogP contribution in [0.1, 0.15) is 28.8 Å². The topological polar surface area (TPSA) is 75.8 Å². The van der Waals surface area contributed by atoms with Crippen molar-refractivity contribution in [1.82, 2.24) is 4.90 Å². The molecule has 1 heterocycles. The van der Waals surface area contributed by atoms with Crippen LogP contribution in [0.25, 0.3) is 0 Å². The predicted molar refractivity (Wildman–Crippen MR) is 85.3 cm³/mol. The molecule has 0 saturated carbocycles. The van der Waals surface area contributed by atoms with E-state index in [1.165, 1.54) is 0 Å². The van der Waals surface area contributed by atoms with Crippen LogP contribution >= 0.6 is 15.9 Å². The lowest BCUT2D eigenvalue weighted by Gasteiger charge is -2.35. The second-order valence-electron chi connectivity index (χ2n) is 5.67. The Morgan fingerprint density at radius 2 is 2.10 bits per heavy atom. The summed E-state index contributed by atoms with van der Waals surface area (Å²) in [5, 5.41) is 10.5. The first-order valence-corrected chi connectivity index (χ1v) is 7.73. The molecule has 21 heavy (non-hydrogen) atoms. The van der Waals surface area contributed by atoms with Crippen LogP contribution in [-0.2, 0) is 4.74 Å². The molecule has 0 radical (unpaired) electrons. The van der Waals surface area contributed by atoms with Gasteiger partial charge in [-0.3, -0.25) is 4.79 Å². The summed E-state index contributed by atoms with van der Waals surface area (Å²) in [4.78, 5) is 14.1. The number of carbonyl (C=O) groups is 1. The lowest BCUT2D eigenvalue weighted by molar-refractivity contribution is -0.0734. The number of nitrogen functional groups attached to an aromatic ring is 1. The zero-order chi connectivity index (χ0) is 15.6. The normalized spacial score (nSPS) is 17.5. The summed E-state index contributed by atoms with van der Waals surface area (Å²) in [6, 6.07) is 3.54. The Bertz CT molecular complexity index is 542. The maximum atomic E-state index is 12.6. The Morgan fingerprint density at radius 1 is 1.48 bits per heavy atom. The van der Waals surface area contributed by atoms with Crippen LogP contribution in [0.3, 0.4) is 0 Å². The quantitative estimate of drug-likeness (QED) is 0.811. The molecule has 2 rings (SSSR count). The van der Waals surface area contributed by atoms with Crippen molar-refractivity contribution in [3.05, 3.63) is 27.7 Å². The molecule has 6 heteroatoms. The van der Waals surface area contributed by atoms with Crippen molar-refractivity contribution in [1.29, 1.82) is 0 Å². The highest BCUT2D eigenvalue weighted by Gasteiger charge is 2.32. The fraction of sp³-hybridized carbons (Fsp3) is 0.533. The Labute approximate surface area is 133 Å². The SMILES string of the molecule is Cc1c(N)cc(Br)cc1C(=O)N(C)CC1(O)CCOCC1. The predicted octanol–water partition coefficient (Wildman–Crippen LogP) is 1.95. The van der Waals surface area contributed by atoms with E-state index in [1.807, 2.05) is 6.92 Å². The van der Waals surface area contributed by atoms with Gasteiger partial charge in [0.05, 0.1) is 5.60 Å². The molecule has 0 unspecified atom stereocenters. The van der Waals surface area contributed by atoms with Crippen LogP contribution in [0.5, 0.6) is 0 Å². The largest absolute Gasteiger partial charge is 0.398 e. The van der Waals surface area contributed by atoms with E-state index in [1.54, 1.807) is 24.1 Å². The highest BCUT2D eigenvalue weighted by atomic mass is 79.9. The highest BCUT2D eigenvalue weighted by molar-refractivity contribution is 9.10. The molecule has 0 bridgehead atoms. The zero-order valence-corrected chi connectivity index (χ0v) is 13.9. The number of likely N-dealkylation sites (N-methyl/N-ethyl adjacent to an activating group) is 1. The molecule has 1 saturated heterocycles. The Hall–Kier alpha value is -1.11. The number of benzene rings is 1. The number of amides is 1. The number of ether oxygens (including phenoxy) is 1. The number of halogens is 1. The molecule has 0 aromatic heterocycles. The molecule has 0 aliphatic carbocycles. The molecule has 5 nitrogen and oxygen atoms in total. The van der Waals surface area contributed by atoms with Gasteiger partial charge in [0.2, 0.25) is 0 Å². The summed E-state index contributed by atoms with van der Waals surface area (Å²) in [5.41, 5.74) is 6.92. The maximum Gasteiger partial charge on any atom is 0.254 e. The first kappa shape index (κ1) is 16.3. The summed E-state index contributed by atoms with van der Waals surface area (Å²) in [6.45, 7) is 3.18. The molecule has 0 atom stereocenters. The van der Waals surface area contributed by atoms with E-state index in [-0.39, 0.29) is 5.91 Å². The third kappa shape index (κ3) is 3.75. The summed E-state index contributed by atoms with van der Waals surface area (Å²) in [6.07, 6.45) is 1.09. The molecule has 1 aromatic rings. The number of rotatable bonds is 3. The van der Waals surface area contributed by atoms with Crippen LogP contribution in [0.15, 0.2) is 16.6 Å². The second kappa shape index (κ2) is 6.34. The van der Waals surface area contributed by atoms with Crippen molar-refractivity contribution < 1.29 is 14.6 Å². The molecular weight excluding hydrogens is 336 g/mol. The summed E-state index contributed by atoms with van der Waals surface area (Å²) >= 11 is 3.36. The Morgan fingerprint density at radius 3 is 2.71 bits per heavy atom. The van der Waals surface area contributed by atoms with Crippen molar-refractivity contribution in [3.8, 4) is 0 Å². The summed E-state index contributed by atoms with van der Waals surface area (Å²) in [7, 11) is 1.70. The molecule has 116 valence electrons. The van der Waals surface area contributed by atoms with Crippen LogP contribution in [-0.4, -0.2) is 48.3 Å². The minimum Gasteiger partial charge on any atom is -0.398 e. The smallest absolute Gasteiger partial charge is 0.254 e. The molecule has 1 aliphatic heterocycles. The maximum absolute atomic E-state index is 12.6. The van der Waals surface area contributed by atoms with Crippen LogP contribution in [0.4, 0.5) is 5.69 Å². The third-order valence-corrected chi connectivity index (χ3v) is 4.40. The van der Waals surface area contributed by atoms with Gasteiger partial charge in [-0.15, -0.1) is 0 Å². The average Bonchev–Trinajstić information content (AvgIpc) is 2.42. The lowest BCUT2D eigenvalue weighted by atomic mass is 9.93. The van der Waals surface area contributed by atoms with Gasteiger partial charge in [0.25, 0.3) is 5.91 Å². The molecule has 3 N–H and O–H groups in total. The fourth-order valence-electron chi connectivity index (χ4n) is 2.55. The molecule has 1 fully saturated rings. The van der Waals surface area contributed by atoms with Gasteiger partial charge < -0.3 is 20.5 Å². The van der Waals surface area contributed by atoms with Crippen molar-refractivity contribution in [2.75, 3.05) is 32.5 Å². The number of nitrogens with zero attached hydrogens (tertiary/aromatic N) is 1. The number of nitrogens with two attached hydrogens (primary N) is 1. The van der Waals surface area contributed by atoms with Gasteiger partial charge in [0.1, 0.15) is 0 Å². The minimum absolute atomic E-state index is 0.139. The lowest BCUT2D eigenvalue weighted by Crippen LogP contribution is -2.47. The van der Waals surface area contributed by atoms with Gasteiger partial charge in [-0.2, -0.15) is 0 Å². The van der Waals surface area contributed by atoms with E-state index in [2.05, 4.69) is 15.9 Å². The number of hydrogen-bond acceptors (Lipinski definition) is 4. The van der Waals surface area contributed by atoms with Gasteiger partial charge in [0, 0.05) is 55.4 Å². The highest BCUT2D eigenvalue weighted by Crippen LogP contribution is 2.26. The van der Waals surface area contributed by atoms with Crippen LogP contribution in [0.2, 0.25) is 0 Å². The Balaban J connectivity index is 2.16. The van der Waals surface area contributed by atoms with Crippen molar-refractivity contribution in [3.63, 3.8) is 0 Å². The Kier molecular flexibility index (Phi) is 4.91. The van der Waals surface area contributed by atoms with Gasteiger partial charge in [-0.25, -0.2) is 0 Å². The van der Waals surface area contributed by atoms with E-state index in [4.69, 9.17) is 10.5 Å². The van der Waals surface area contributed by atoms with E-state index < -0.39 is 5.60 Å². The van der Waals surface area contributed by atoms with E-state index in [0.717, 1.165) is 10.0 Å². The average molecular weight is 357 g/mol.